The van der Waals surface area contributed by atoms with Gasteiger partial charge in [-0.1, -0.05) is 60.3 Å². The van der Waals surface area contributed by atoms with Crippen LogP contribution >= 0.6 is 23.2 Å². The number of hydrogen-bond donors (Lipinski definition) is 2. The van der Waals surface area contributed by atoms with Gasteiger partial charge in [0.2, 0.25) is 15.9 Å². The molecule has 1 aliphatic heterocycles. The zero-order chi connectivity index (χ0) is 28.4. The predicted octanol–water partition coefficient (Wildman–Crippen LogP) is 3.54. The van der Waals surface area contributed by atoms with Crippen LogP contribution in [-0.2, 0) is 21.4 Å². The summed E-state index contributed by atoms with van der Waals surface area (Å²) in [4.78, 5) is 31.4. The third kappa shape index (κ3) is 6.02. The summed E-state index contributed by atoms with van der Waals surface area (Å²) >= 11 is 13.0. The molecule has 2 aliphatic rings. The summed E-state index contributed by atoms with van der Waals surface area (Å²) < 4.78 is 27.4. The van der Waals surface area contributed by atoms with Crippen LogP contribution in [-0.4, -0.2) is 65.0 Å². The fraction of sp³-hybridized carbons (Fsp3) is 0.407. The van der Waals surface area contributed by atoms with E-state index in [0.717, 1.165) is 19.1 Å². The maximum atomic E-state index is 14.3. The van der Waals surface area contributed by atoms with Crippen molar-refractivity contribution in [2.75, 3.05) is 12.8 Å². The highest BCUT2D eigenvalue weighted by Crippen LogP contribution is 2.47. The van der Waals surface area contributed by atoms with E-state index in [9.17, 15) is 18.0 Å². The van der Waals surface area contributed by atoms with Crippen LogP contribution in [0.5, 0.6) is 0 Å². The van der Waals surface area contributed by atoms with E-state index >= 15 is 0 Å². The van der Waals surface area contributed by atoms with E-state index < -0.39 is 34.1 Å². The second-order valence-electron chi connectivity index (χ2n) is 10.2. The van der Waals surface area contributed by atoms with E-state index in [0.29, 0.717) is 46.1 Å². The molecule has 2 heterocycles. The largest absolute Gasteiger partial charge is 0.354 e. The quantitative estimate of drug-likeness (QED) is 0.405. The van der Waals surface area contributed by atoms with Gasteiger partial charge in [-0.3, -0.25) is 9.59 Å². The number of halogens is 2. The molecule has 2 amide bonds. The molecule has 13 heteroatoms. The van der Waals surface area contributed by atoms with Crippen molar-refractivity contribution >= 4 is 45.0 Å². The van der Waals surface area contributed by atoms with E-state index in [1.165, 1.54) is 4.80 Å². The van der Waals surface area contributed by atoms with E-state index in [2.05, 4.69) is 20.2 Å². The number of fused-ring (bicyclic) bond motifs is 1. The Balaban J connectivity index is 1.61. The number of carbonyl (C=O) groups is 2. The fourth-order valence-corrected chi connectivity index (χ4v) is 7.22. The lowest BCUT2D eigenvalue weighted by molar-refractivity contribution is -0.124. The number of rotatable bonds is 8. The van der Waals surface area contributed by atoms with Gasteiger partial charge in [-0.15, -0.1) is 0 Å². The van der Waals surface area contributed by atoms with Crippen LogP contribution in [0.3, 0.4) is 0 Å². The van der Waals surface area contributed by atoms with Gasteiger partial charge in [-0.05, 0) is 42.2 Å². The number of sulfonamides is 1. The first-order chi connectivity index (χ1) is 19.1. The zero-order valence-electron chi connectivity index (χ0n) is 21.8. The van der Waals surface area contributed by atoms with Crippen molar-refractivity contribution in [3.63, 3.8) is 0 Å². The van der Waals surface area contributed by atoms with Crippen LogP contribution in [0.15, 0.2) is 54.9 Å². The molecule has 4 atom stereocenters. The van der Waals surface area contributed by atoms with E-state index in [1.54, 1.807) is 59.8 Å². The normalized spacial score (nSPS) is 23.1. The molecule has 2 N–H and O–H groups in total. The van der Waals surface area contributed by atoms with Gasteiger partial charge in [0.15, 0.2) is 0 Å². The summed E-state index contributed by atoms with van der Waals surface area (Å²) in [6, 6.07) is 10.2. The first kappa shape index (κ1) is 28.5. The highest BCUT2D eigenvalue weighted by Gasteiger charge is 2.49. The van der Waals surface area contributed by atoms with E-state index in [4.69, 9.17) is 23.2 Å². The molecule has 2 aromatic carbocycles. The molecule has 1 aromatic heterocycles. The van der Waals surface area contributed by atoms with E-state index in [-0.39, 0.29) is 18.4 Å². The second kappa shape index (κ2) is 11.9. The Hall–Kier alpha value is -2.99. The average Bonchev–Trinajstić information content (AvgIpc) is 3.42. The molecule has 3 aromatic rings. The molecule has 1 saturated carbocycles. The molecule has 0 bridgehead atoms. The van der Waals surface area contributed by atoms with Gasteiger partial charge in [0.25, 0.3) is 5.91 Å². The predicted molar refractivity (Wildman–Crippen MR) is 152 cm³/mol. The number of nitrogens with one attached hydrogen (secondary N) is 2. The van der Waals surface area contributed by atoms with Gasteiger partial charge >= 0.3 is 0 Å². The Kier molecular flexibility index (Phi) is 8.46. The lowest BCUT2D eigenvalue weighted by Gasteiger charge is -2.49. The third-order valence-corrected chi connectivity index (χ3v) is 8.76. The molecule has 10 nitrogen and oxygen atoms in total. The van der Waals surface area contributed by atoms with Crippen LogP contribution in [0.2, 0.25) is 10.0 Å². The van der Waals surface area contributed by atoms with Crippen molar-refractivity contribution in [2.45, 2.75) is 56.3 Å². The van der Waals surface area contributed by atoms with Crippen molar-refractivity contribution in [1.29, 1.82) is 0 Å². The number of amides is 2. The first-order valence-corrected chi connectivity index (χ1v) is 15.7. The lowest BCUT2D eigenvalue weighted by atomic mass is 9.76. The second-order valence-corrected chi connectivity index (χ2v) is 12.8. The van der Waals surface area contributed by atoms with Gasteiger partial charge < -0.3 is 10.2 Å². The standard InChI is InChI=1S/C27H30Cl2N6O4S/c1-40(38,39)33-22-8-4-5-9-23(22)35-25(20-11-10-17(28)16-21(20)29)24(18-6-2-3-7-19(18)27(35)37)26(36)30-14-15-34-31-12-13-32-34/h2-3,6-7,10-13,16,22-25,33H,4-5,8-9,14-15H2,1H3,(H,30,36)/t22-,23-,24+,25-/m0/s1. The molecule has 1 aliphatic carbocycles. The molecule has 0 unspecified atom stereocenters. The fourth-order valence-electron chi connectivity index (χ4n) is 5.88. The van der Waals surface area contributed by atoms with E-state index in [1.807, 2.05) is 0 Å². The van der Waals surface area contributed by atoms with Crippen molar-refractivity contribution in [1.82, 2.24) is 29.9 Å². The number of nitrogens with zero attached hydrogens (tertiary/aromatic N) is 4. The number of benzene rings is 2. The van der Waals surface area contributed by atoms with Crippen LogP contribution in [0.25, 0.3) is 0 Å². The molecule has 5 rings (SSSR count). The summed E-state index contributed by atoms with van der Waals surface area (Å²) in [5.41, 5.74) is 1.55. The molecule has 1 fully saturated rings. The molecule has 0 radical (unpaired) electrons. The Morgan fingerprint density at radius 1 is 1.05 bits per heavy atom. The Morgan fingerprint density at radius 2 is 1.77 bits per heavy atom. The van der Waals surface area contributed by atoms with Crippen molar-refractivity contribution in [3.8, 4) is 0 Å². The minimum Gasteiger partial charge on any atom is -0.354 e. The zero-order valence-corrected chi connectivity index (χ0v) is 24.2. The van der Waals surface area contributed by atoms with Crippen LogP contribution < -0.4 is 10.0 Å². The summed E-state index contributed by atoms with van der Waals surface area (Å²) in [5, 5.41) is 11.9. The number of aromatic nitrogens is 3. The smallest absolute Gasteiger partial charge is 0.255 e. The molecule has 0 saturated heterocycles. The van der Waals surface area contributed by atoms with Crippen molar-refractivity contribution in [2.24, 2.45) is 0 Å². The SMILES string of the molecule is CS(=O)(=O)N[C@H]1CCCC[C@@H]1N1C(=O)c2ccccc2[C@@H](C(=O)NCCn2nccn2)[C@@H]1c1ccc(Cl)cc1Cl. The Morgan fingerprint density at radius 3 is 2.50 bits per heavy atom. The lowest BCUT2D eigenvalue weighted by Crippen LogP contribution is -2.59. The van der Waals surface area contributed by atoms with Crippen LogP contribution in [0.1, 0.15) is 59.1 Å². The highest BCUT2D eigenvalue weighted by molar-refractivity contribution is 7.88. The summed E-state index contributed by atoms with van der Waals surface area (Å²) in [5.74, 6) is -1.39. The molecule has 212 valence electrons. The van der Waals surface area contributed by atoms with Gasteiger partial charge in [0.1, 0.15) is 0 Å². The van der Waals surface area contributed by atoms with Crippen molar-refractivity contribution < 1.29 is 18.0 Å². The molecular weight excluding hydrogens is 575 g/mol. The van der Waals surface area contributed by atoms with Gasteiger partial charge in [-0.25, -0.2) is 13.1 Å². The average molecular weight is 606 g/mol. The number of hydrogen-bond acceptors (Lipinski definition) is 6. The maximum Gasteiger partial charge on any atom is 0.255 e. The molecular formula is C27H30Cl2N6O4S. The minimum atomic E-state index is -3.56. The summed E-state index contributed by atoms with van der Waals surface area (Å²) in [7, 11) is -3.56. The maximum absolute atomic E-state index is 14.3. The topological polar surface area (TPSA) is 126 Å². The summed E-state index contributed by atoms with van der Waals surface area (Å²) in [6.07, 6.45) is 7.01. The first-order valence-electron chi connectivity index (χ1n) is 13.1. The Bertz CT molecular complexity index is 1500. The monoisotopic (exact) mass is 604 g/mol. The third-order valence-electron chi connectivity index (χ3n) is 7.47. The van der Waals surface area contributed by atoms with Gasteiger partial charge in [0, 0.05) is 34.2 Å². The van der Waals surface area contributed by atoms with Crippen molar-refractivity contribution in [3.05, 3.63) is 81.6 Å². The molecule has 0 spiro atoms. The van der Waals surface area contributed by atoms with Gasteiger partial charge in [0.05, 0.1) is 37.2 Å². The highest BCUT2D eigenvalue weighted by atomic mass is 35.5. The Labute approximate surface area is 243 Å². The number of carbonyl (C=O) groups excluding carboxylic acids is 2. The van der Waals surface area contributed by atoms with Crippen LogP contribution in [0.4, 0.5) is 0 Å². The van der Waals surface area contributed by atoms with Crippen LogP contribution in [0, 0.1) is 0 Å². The minimum absolute atomic E-state index is 0.267. The molecule has 40 heavy (non-hydrogen) atoms. The summed E-state index contributed by atoms with van der Waals surface area (Å²) in [6.45, 7) is 0.633. The van der Waals surface area contributed by atoms with Gasteiger partial charge in [-0.2, -0.15) is 15.0 Å².